The Morgan fingerprint density at radius 2 is 1.87 bits per heavy atom. The minimum Gasteiger partial charge on any atom is -0.480 e. The van der Waals surface area contributed by atoms with Gasteiger partial charge >= 0.3 is 11.9 Å². The van der Waals surface area contributed by atoms with Crippen molar-refractivity contribution in [2.45, 2.75) is 19.1 Å². The largest absolute Gasteiger partial charge is 0.480 e. The van der Waals surface area contributed by atoms with Crippen LogP contribution in [0.2, 0.25) is 0 Å². The second-order valence-electron chi connectivity index (χ2n) is 7.64. The number of fused-ring (bicyclic) bond motifs is 1. The average molecular weight is 487 g/mol. The molecule has 1 aromatic carbocycles. The highest BCUT2D eigenvalue weighted by Crippen LogP contribution is 2.33. The molecule has 3 heterocycles. The van der Waals surface area contributed by atoms with Crippen LogP contribution in [0.15, 0.2) is 53.3 Å². The maximum atomic E-state index is 12.3. The third-order valence-corrected chi connectivity index (χ3v) is 6.09. The van der Waals surface area contributed by atoms with Gasteiger partial charge in [0.2, 0.25) is 0 Å². The van der Waals surface area contributed by atoms with E-state index < -0.39 is 18.0 Å². The van der Waals surface area contributed by atoms with Crippen molar-refractivity contribution in [1.82, 2.24) is 19.4 Å². The number of carboxylic acids is 2. The summed E-state index contributed by atoms with van der Waals surface area (Å²) in [5, 5.41) is 20.1. The fraction of sp³-hybridized carbons (Fsp3) is 0.318. The summed E-state index contributed by atoms with van der Waals surface area (Å²) in [4.78, 5) is 32.2. The number of benzene rings is 1. The third-order valence-electron chi connectivity index (χ3n) is 5.59. The predicted molar refractivity (Wildman–Crippen MR) is 119 cm³/mol. The molecule has 0 amide bonds. The Balaban J connectivity index is 1.58. The molecule has 0 saturated carbocycles. The molecule has 0 unspecified atom stereocenters. The van der Waals surface area contributed by atoms with Gasteiger partial charge in [-0.05, 0) is 30.3 Å². The van der Waals surface area contributed by atoms with Crippen molar-refractivity contribution in [2.75, 3.05) is 26.2 Å². The Kier molecular flexibility index (Phi) is 6.35. The molecule has 1 fully saturated rings. The minimum absolute atomic E-state index is 0.220. The summed E-state index contributed by atoms with van der Waals surface area (Å²) in [6.45, 7) is 3.18. The number of aromatic nitrogens is 2. The van der Waals surface area contributed by atoms with E-state index in [9.17, 15) is 19.8 Å². The van der Waals surface area contributed by atoms with Gasteiger partial charge in [-0.2, -0.15) is 0 Å². The zero-order chi connectivity index (χ0) is 22.0. The van der Waals surface area contributed by atoms with Crippen LogP contribution in [0.4, 0.5) is 0 Å². The van der Waals surface area contributed by atoms with Gasteiger partial charge in [0.15, 0.2) is 0 Å². The van der Waals surface area contributed by atoms with Gasteiger partial charge in [-0.1, -0.05) is 22.0 Å². The van der Waals surface area contributed by atoms with Crippen LogP contribution in [0.25, 0.3) is 10.9 Å². The van der Waals surface area contributed by atoms with Crippen molar-refractivity contribution in [2.24, 2.45) is 0 Å². The van der Waals surface area contributed by atoms with Gasteiger partial charge in [0.25, 0.3) is 0 Å². The number of hydrogen-bond donors (Lipinski definition) is 2. The summed E-state index contributed by atoms with van der Waals surface area (Å²) in [5.41, 5.74) is 2.32. The fourth-order valence-corrected chi connectivity index (χ4v) is 4.54. The van der Waals surface area contributed by atoms with Crippen molar-refractivity contribution in [3.63, 3.8) is 0 Å². The summed E-state index contributed by atoms with van der Waals surface area (Å²) in [5.74, 6) is -1.91. The monoisotopic (exact) mass is 486 g/mol. The maximum absolute atomic E-state index is 12.3. The first-order valence-electron chi connectivity index (χ1n) is 10.0. The lowest BCUT2D eigenvalue weighted by molar-refractivity contribution is -0.144. The minimum atomic E-state index is -0.971. The molecule has 0 bridgehead atoms. The Morgan fingerprint density at radius 1 is 1.10 bits per heavy atom. The average Bonchev–Trinajstić information content (AvgIpc) is 3.06. The Bertz CT molecular complexity index is 1090. The van der Waals surface area contributed by atoms with E-state index >= 15 is 0 Å². The van der Waals surface area contributed by atoms with E-state index in [0.717, 1.165) is 35.2 Å². The summed E-state index contributed by atoms with van der Waals surface area (Å²) < 4.78 is 2.42. The quantitative estimate of drug-likeness (QED) is 0.529. The van der Waals surface area contributed by atoms with E-state index in [2.05, 4.69) is 25.8 Å². The number of pyridine rings is 1. The lowest BCUT2D eigenvalue weighted by Crippen LogP contribution is -2.48. The van der Waals surface area contributed by atoms with Gasteiger partial charge in [-0.3, -0.25) is 24.4 Å². The molecular formula is C22H23BrN4O4. The molecule has 2 aromatic heterocycles. The van der Waals surface area contributed by atoms with Crippen LogP contribution < -0.4 is 0 Å². The molecule has 0 spiro atoms. The number of carbonyl (C=O) groups is 2. The predicted octanol–water partition coefficient (Wildman–Crippen LogP) is 2.83. The smallest absolute Gasteiger partial charge is 0.325 e. The van der Waals surface area contributed by atoms with Gasteiger partial charge in [0.05, 0.1) is 5.69 Å². The van der Waals surface area contributed by atoms with Gasteiger partial charge in [0.1, 0.15) is 12.6 Å². The van der Waals surface area contributed by atoms with E-state index in [1.165, 1.54) is 0 Å². The van der Waals surface area contributed by atoms with E-state index in [0.29, 0.717) is 24.2 Å². The molecule has 1 atom stereocenters. The van der Waals surface area contributed by atoms with E-state index in [-0.39, 0.29) is 6.54 Å². The molecule has 3 aromatic rings. The first kappa shape index (κ1) is 21.5. The molecule has 31 heavy (non-hydrogen) atoms. The van der Waals surface area contributed by atoms with Crippen LogP contribution in [0.5, 0.6) is 0 Å². The lowest BCUT2D eigenvalue weighted by Gasteiger charge is -2.37. The molecule has 2 N–H and O–H groups in total. The zero-order valence-corrected chi connectivity index (χ0v) is 18.4. The van der Waals surface area contributed by atoms with E-state index in [1.54, 1.807) is 17.0 Å². The number of nitrogens with zero attached hydrogens (tertiary/aromatic N) is 4. The normalized spacial score (nSPS) is 16.4. The molecule has 4 rings (SSSR count). The highest BCUT2D eigenvalue weighted by molar-refractivity contribution is 9.10. The first-order chi connectivity index (χ1) is 14.9. The fourth-order valence-electron chi connectivity index (χ4n) is 4.18. The highest BCUT2D eigenvalue weighted by atomic mass is 79.9. The van der Waals surface area contributed by atoms with Gasteiger partial charge in [-0.15, -0.1) is 0 Å². The summed E-state index contributed by atoms with van der Waals surface area (Å²) in [7, 11) is 0. The molecule has 1 saturated heterocycles. The van der Waals surface area contributed by atoms with Crippen LogP contribution in [0.1, 0.15) is 17.3 Å². The van der Waals surface area contributed by atoms with E-state index in [1.807, 2.05) is 41.3 Å². The van der Waals surface area contributed by atoms with Crippen LogP contribution >= 0.6 is 15.9 Å². The number of hydrogen-bond acceptors (Lipinski definition) is 5. The first-order valence-corrected chi connectivity index (χ1v) is 10.8. The summed E-state index contributed by atoms with van der Waals surface area (Å²) in [6.07, 6.45) is 3.45. The molecule has 1 aliphatic heterocycles. The summed E-state index contributed by atoms with van der Waals surface area (Å²) in [6, 6.07) is 10.5. The molecule has 162 valence electrons. The molecule has 8 nitrogen and oxygen atoms in total. The van der Waals surface area contributed by atoms with Crippen molar-refractivity contribution >= 4 is 38.8 Å². The molecule has 1 aliphatic rings. The second kappa shape index (κ2) is 9.17. The van der Waals surface area contributed by atoms with Crippen LogP contribution in [-0.4, -0.2) is 67.7 Å². The Morgan fingerprint density at radius 3 is 2.52 bits per heavy atom. The molecular weight excluding hydrogens is 464 g/mol. The number of aliphatic carboxylic acids is 2. The van der Waals surface area contributed by atoms with Crippen LogP contribution in [-0.2, 0) is 22.7 Å². The van der Waals surface area contributed by atoms with Gasteiger partial charge in [-0.25, -0.2) is 0 Å². The molecule has 0 radical (unpaired) electrons. The number of halogens is 1. The second-order valence-corrected chi connectivity index (χ2v) is 8.56. The SMILES string of the molecule is O=C(O)Cn1cc([C@@H](C(=O)O)N2CCN(Cc3ccccn3)CC2)c2cc(Br)ccc21. The summed E-state index contributed by atoms with van der Waals surface area (Å²) >= 11 is 3.45. The lowest BCUT2D eigenvalue weighted by atomic mass is 10.0. The maximum Gasteiger partial charge on any atom is 0.325 e. The van der Waals surface area contributed by atoms with Crippen LogP contribution in [0, 0.1) is 0 Å². The third kappa shape index (κ3) is 4.79. The van der Waals surface area contributed by atoms with Gasteiger partial charge in [0, 0.05) is 66.1 Å². The molecule has 0 aliphatic carbocycles. The highest BCUT2D eigenvalue weighted by Gasteiger charge is 2.33. The number of piperazine rings is 1. The van der Waals surface area contributed by atoms with E-state index in [4.69, 9.17) is 0 Å². The molecule has 9 heteroatoms. The van der Waals surface area contributed by atoms with Crippen molar-refractivity contribution in [3.8, 4) is 0 Å². The Hall–Kier alpha value is -2.75. The number of carboxylic acid groups (broad SMARTS) is 2. The van der Waals surface area contributed by atoms with Crippen molar-refractivity contribution in [3.05, 3.63) is 64.5 Å². The standard InChI is InChI=1S/C22H23BrN4O4/c23-15-4-5-19-17(11-15)18(13-27(19)14-20(28)29)21(22(30)31)26-9-7-25(8-10-26)12-16-3-1-2-6-24-16/h1-6,11,13,21H,7-10,12,14H2,(H,28,29)(H,30,31)/t21-/m0/s1. The topological polar surface area (TPSA) is 98.9 Å². The van der Waals surface area contributed by atoms with Crippen molar-refractivity contribution < 1.29 is 19.8 Å². The van der Waals surface area contributed by atoms with Crippen molar-refractivity contribution in [1.29, 1.82) is 0 Å². The zero-order valence-electron chi connectivity index (χ0n) is 16.8. The Labute approximate surface area is 187 Å². The number of rotatable bonds is 7. The van der Waals surface area contributed by atoms with Crippen LogP contribution in [0.3, 0.4) is 0 Å². The van der Waals surface area contributed by atoms with Gasteiger partial charge < -0.3 is 14.8 Å².